The van der Waals surface area contributed by atoms with Gasteiger partial charge in [0.15, 0.2) is 5.96 Å². The van der Waals surface area contributed by atoms with Crippen molar-refractivity contribution in [2.45, 2.75) is 46.5 Å². The van der Waals surface area contributed by atoms with Crippen LogP contribution in [0.3, 0.4) is 0 Å². The summed E-state index contributed by atoms with van der Waals surface area (Å²) in [6.45, 7) is 8.74. The van der Waals surface area contributed by atoms with Crippen LogP contribution in [0.4, 0.5) is 0 Å². The maximum atomic E-state index is 4.17. The molecule has 15 heavy (non-hydrogen) atoms. The smallest absolute Gasteiger partial charge is 0.190 e. The average Bonchev–Trinajstić information content (AvgIpc) is 2.21. The van der Waals surface area contributed by atoms with Gasteiger partial charge in [0.05, 0.1) is 0 Å². The fourth-order valence-electron chi connectivity index (χ4n) is 1.32. The summed E-state index contributed by atoms with van der Waals surface area (Å²) in [5.41, 5.74) is 0. The molecule has 0 spiro atoms. The molecule has 0 aromatic heterocycles. The molecule has 0 aromatic carbocycles. The summed E-state index contributed by atoms with van der Waals surface area (Å²) in [5.74, 6) is 1.73. The molecule has 0 aromatic rings. The maximum absolute atomic E-state index is 4.17. The van der Waals surface area contributed by atoms with E-state index >= 15 is 0 Å². The molecule has 0 aliphatic rings. The first kappa shape index (κ1) is 14.3. The fraction of sp³-hybridized carbons (Fsp3) is 0.917. The Morgan fingerprint density at radius 3 is 2.20 bits per heavy atom. The maximum Gasteiger partial charge on any atom is 0.190 e. The molecule has 0 radical (unpaired) electrons. The second-order valence-corrected chi connectivity index (χ2v) is 4.32. The SMILES string of the molecule is CCCCNC(=NC)NCCCC(C)C. The van der Waals surface area contributed by atoms with Crippen molar-refractivity contribution in [2.75, 3.05) is 20.1 Å². The van der Waals surface area contributed by atoms with E-state index in [9.17, 15) is 0 Å². The number of nitrogens with zero attached hydrogens (tertiary/aromatic N) is 1. The molecule has 0 saturated carbocycles. The number of aliphatic imine (C=N–C) groups is 1. The minimum atomic E-state index is 0.793. The lowest BCUT2D eigenvalue weighted by atomic mass is 10.1. The number of hydrogen-bond donors (Lipinski definition) is 2. The Morgan fingerprint density at radius 1 is 1.13 bits per heavy atom. The molecule has 2 N–H and O–H groups in total. The summed E-state index contributed by atoms with van der Waals surface area (Å²) in [7, 11) is 1.82. The van der Waals surface area contributed by atoms with Gasteiger partial charge in [0, 0.05) is 20.1 Å². The quantitative estimate of drug-likeness (QED) is 0.387. The van der Waals surface area contributed by atoms with E-state index in [0.29, 0.717) is 0 Å². The van der Waals surface area contributed by atoms with Crippen molar-refractivity contribution in [1.29, 1.82) is 0 Å². The molecule has 0 bridgehead atoms. The van der Waals surface area contributed by atoms with Crippen molar-refractivity contribution >= 4 is 5.96 Å². The van der Waals surface area contributed by atoms with Gasteiger partial charge in [-0.25, -0.2) is 0 Å². The molecule has 90 valence electrons. The summed E-state index contributed by atoms with van der Waals surface area (Å²) in [5, 5.41) is 6.62. The third kappa shape index (κ3) is 9.57. The predicted octanol–water partition coefficient (Wildman–Crippen LogP) is 2.39. The normalized spacial score (nSPS) is 11.9. The summed E-state index contributed by atoms with van der Waals surface area (Å²) < 4.78 is 0. The van der Waals surface area contributed by atoms with Gasteiger partial charge in [-0.1, -0.05) is 27.2 Å². The van der Waals surface area contributed by atoms with Crippen LogP contribution in [-0.2, 0) is 0 Å². The van der Waals surface area contributed by atoms with E-state index in [1.165, 1.54) is 25.7 Å². The van der Waals surface area contributed by atoms with E-state index < -0.39 is 0 Å². The number of unbranched alkanes of at least 4 members (excludes halogenated alkanes) is 1. The molecule has 0 saturated heterocycles. The van der Waals surface area contributed by atoms with Gasteiger partial charge in [-0.15, -0.1) is 0 Å². The Kier molecular flexibility index (Phi) is 9.33. The lowest BCUT2D eigenvalue weighted by molar-refractivity contribution is 0.549. The summed E-state index contributed by atoms with van der Waals surface area (Å²) in [6, 6.07) is 0. The second-order valence-electron chi connectivity index (χ2n) is 4.32. The monoisotopic (exact) mass is 213 g/mol. The Bertz CT molecular complexity index is 164. The third-order valence-corrected chi connectivity index (χ3v) is 2.30. The van der Waals surface area contributed by atoms with E-state index in [1.54, 1.807) is 0 Å². The Balaban J connectivity index is 3.45. The van der Waals surface area contributed by atoms with Crippen LogP contribution in [-0.4, -0.2) is 26.1 Å². The van der Waals surface area contributed by atoms with Crippen LogP contribution in [0.15, 0.2) is 4.99 Å². The number of rotatable bonds is 7. The van der Waals surface area contributed by atoms with Crippen molar-refractivity contribution in [3.63, 3.8) is 0 Å². The first-order chi connectivity index (χ1) is 7.20. The van der Waals surface area contributed by atoms with E-state index in [2.05, 4.69) is 36.4 Å². The van der Waals surface area contributed by atoms with Crippen LogP contribution in [0.1, 0.15) is 46.5 Å². The first-order valence-electron chi connectivity index (χ1n) is 6.15. The molecule has 0 atom stereocenters. The molecule has 0 rings (SSSR count). The fourth-order valence-corrected chi connectivity index (χ4v) is 1.32. The second kappa shape index (κ2) is 9.81. The molecule has 0 fully saturated rings. The Morgan fingerprint density at radius 2 is 1.73 bits per heavy atom. The van der Waals surface area contributed by atoms with Crippen LogP contribution in [0.5, 0.6) is 0 Å². The van der Waals surface area contributed by atoms with Gasteiger partial charge in [0.25, 0.3) is 0 Å². The van der Waals surface area contributed by atoms with Gasteiger partial charge in [0.2, 0.25) is 0 Å². The third-order valence-electron chi connectivity index (χ3n) is 2.30. The van der Waals surface area contributed by atoms with Gasteiger partial charge < -0.3 is 10.6 Å². The van der Waals surface area contributed by atoms with Crippen LogP contribution in [0.25, 0.3) is 0 Å². The van der Waals surface area contributed by atoms with Crippen molar-refractivity contribution in [1.82, 2.24) is 10.6 Å². The van der Waals surface area contributed by atoms with Crippen LogP contribution in [0.2, 0.25) is 0 Å². The zero-order valence-corrected chi connectivity index (χ0v) is 10.8. The van der Waals surface area contributed by atoms with E-state index in [4.69, 9.17) is 0 Å². The molecule has 0 heterocycles. The zero-order chi connectivity index (χ0) is 11.5. The largest absolute Gasteiger partial charge is 0.356 e. The number of nitrogens with one attached hydrogen (secondary N) is 2. The highest BCUT2D eigenvalue weighted by Crippen LogP contribution is 2.01. The lowest BCUT2D eigenvalue weighted by Crippen LogP contribution is -2.38. The van der Waals surface area contributed by atoms with Crippen LogP contribution >= 0.6 is 0 Å². The van der Waals surface area contributed by atoms with Crippen molar-refractivity contribution in [3.05, 3.63) is 0 Å². The molecule has 0 amide bonds. The van der Waals surface area contributed by atoms with Crippen molar-refractivity contribution in [3.8, 4) is 0 Å². The standard InChI is InChI=1S/C12H27N3/c1-5-6-9-14-12(13-4)15-10-7-8-11(2)3/h11H,5-10H2,1-4H3,(H2,13,14,15). The molecule has 0 aliphatic carbocycles. The predicted molar refractivity (Wildman–Crippen MR) is 68.3 cm³/mol. The van der Waals surface area contributed by atoms with Gasteiger partial charge in [-0.3, -0.25) is 4.99 Å². The van der Waals surface area contributed by atoms with Crippen molar-refractivity contribution in [2.24, 2.45) is 10.9 Å². The first-order valence-corrected chi connectivity index (χ1v) is 6.15. The summed E-state index contributed by atoms with van der Waals surface area (Å²) >= 11 is 0. The topological polar surface area (TPSA) is 36.4 Å². The highest BCUT2D eigenvalue weighted by Gasteiger charge is 1.97. The minimum Gasteiger partial charge on any atom is -0.356 e. The Hall–Kier alpha value is -0.730. The molecular formula is C12H27N3. The number of guanidine groups is 1. The summed E-state index contributed by atoms with van der Waals surface area (Å²) in [6.07, 6.45) is 4.91. The Labute approximate surface area is 94.7 Å². The lowest BCUT2D eigenvalue weighted by Gasteiger charge is -2.11. The highest BCUT2D eigenvalue weighted by atomic mass is 15.2. The van der Waals surface area contributed by atoms with Crippen LogP contribution < -0.4 is 10.6 Å². The zero-order valence-electron chi connectivity index (χ0n) is 10.8. The van der Waals surface area contributed by atoms with Gasteiger partial charge in [-0.05, 0) is 25.2 Å². The molecule has 3 nitrogen and oxygen atoms in total. The van der Waals surface area contributed by atoms with E-state index in [1.807, 2.05) is 7.05 Å². The highest BCUT2D eigenvalue weighted by molar-refractivity contribution is 5.79. The van der Waals surface area contributed by atoms with E-state index in [0.717, 1.165) is 25.0 Å². The van der Waals surface area contributed by atoms with Crippen molar-refractivity contribution < 1.29 is 0 Å². The van der Waals surface area contributed by atoms with Gasteiger partial charge in [0.1, 0.15) is 0 Å². The van der Waals surface area contributed by atoms with Gasteiger partial charge in [-0.2, -0.15) is 0 Å². The molecular weight excluding hydrogens is 186 g/mol. The molecule has 0 aliphatic heterocycles. The number of hydrogen-bond acceptors (Lipinski definition) is 1. The summed E-state index contributed by atoms with van der Waals surface area (Å²) in [4.78, 5) is 4.17. The van der Waals surface area contributed by atoms with Crippen LogP contribution in [0, 0.1) is 5.92 Å². The molecule has 3 heteroatoms. The molecule has 0 unspecified atom stereocenters. The minimum absolute atomic E-state index is 0.793. The van der Waals surface area contributed by atoms with Gasteiger partial charge >= 0.3 is 0 Å². The van der Waals surface area contributed by atoms with E-state index in [-0.39, 0.29) is 0 Å². The average molecular weight is 213 g/mol.